The number of rotatable bonds is 4. The van der Waals surface area contributed by atoms with E-state index in [-0.39, 0.29) is 12.5 Å². The molecule has 3 heterocycles. The first kappa shape index (κ1) is 27.0. The molecule has 4 rings (SSSR count). The van der Waals surface area contributed by atoms with Crippen molar-refractivity contribution in [1.82, 2.24) is 0 Å². The maximum atomic E-state index is 12.6. The van der Waals surface area contributed by atoms with Crippen LogP contribution in [0.25, 0.3) is 0 Å². The molecule has 0 spiro atoms. The number of fused-ring (bicyclic) bond motifs is 1. The first-order valence-electron chi connectivity index (χ1n) is 12.8. The third-order valence-corrected chi connectivity index (χ3v) is 10.0. The van der Waals surface area contributed by atoms with E-state index in [2.05, 4.69) is 20.8 Å². The fraction of sp³-hybridized carbons (Fsp3) is 0.786. The predicted molar refractivity (Wildman–Crippen MR) is 131 cm³/mol. The molecule has 3 fully saturated rings. The molecule has 3 aliphatic rings. The Bertz CT molecular complexity index is 923. The van der Waals surface area contributed by atoms with E-state index in [1.165, 1.54) is 0 Å². The molecule has 0 aliphatic carbocycles. The Hall–Kier alpha value is -1.06. The summed E-state index contributed by atoms with van der Waals surface area (Å²) in [7, 11) is 1.57. The Morgan fingerprint density at radius 3 is 2.20 bits per heavy atom. The van der Waals surface area contributed by atoms with Gasteiger partial charge in [0.15, 0.2) is 23.5 Å². The van der Waals surface area contributed by atoms with Gasteiger partial charge in [0.25, 0.3) is 0 Å². The van der Waals surface area contributed by atoms with Crippen LogP contribution in [0.1, 0.15) is 74.2 Å². The number of hydrogen-bond acceptors (Lipinski definition) is 7. The van der Waals surface area contributed by atoms with Crippen molar-refractivity contribution in [1.29, 1.82) is 0 Å². The Morgan fingerprint density at radius 1 is 0.971 bits per heavy atom. The molecule has 0 unspecified atom stereocenters. The fourth-order valence-corrected chi connectivity index (χ4v) is 6.21. The fourth-order valence-electron chi connectivity index (χ4n) is 6.21. The van der Waals surface area contributed by atoms with E-state index in [1.54, 1.807) is 21.0 Å². The highest BCUT2D eigenvalue weighted by molar-refractivity contribution is 5.26. The van der Waals surface area contributed by atoms with E-state index in [1.807, 2.05) is 58.0 Å². The number of aliphatic hydroxyl groups is 1. The second-order valence-electron chi connectivity index (χ2n) is 11.8. The van der Waals surface area contributed by atoms with Crippen LogP contribution in [0.2, 0.25) is 0 Å². The average Bonchev–Trinajstić information content (AvgIpc) is 2.82. The van der Waals surface area contributed by atoms with Gasteiger partial charge in [-0.1, -0.05) is 51.1 Å². The maximum absolute atomic E-state index is 12.6. The first-order chi connectivity index (χ1) is 16.1. The van der Waals surface area contributed by atoms with Gasteiger partial charge in [0.05, 0.1) is 13.2 Å². The zero-order valence-corrected chi connectivity index (χ0v) is 23.0. The Morgan fingerprint density at radius 2 is 1.60 bits per heavy atom. The molecule has 35 heavy (non-hydrogen) atoms. The highest BCUT2D eigenvalue weighted by Gasteiger charge is 2.79. The van der Waals surface area contributed by atoms with Gasteiger partial charge in [-0.3, -0.25) is 0 Å². The minimum absolute atomic E-state index is 0.0637. The van der Waals surface area contributed by atoms with Crippen molar-refractivity contribution in [2.75, 3.05) is 20.3 Å². The van der Waals surface area contributed by atoms with Crippen LogP contribution in [0.3, 0.4) is 0 Å². The van der Waals surface area contributed by atoms with E-state index >= 15 is 0 Å². The molecule has 7 heteroatoms. The van der Waals surface area contributed by atoms with Gasteiger partial charge in [0.2, 0.25) is 0 Å². The van der Waals surface area contributed by atoms with Crippen molar-refractivity contribution < 1.29 is 33.5 Å². The summed E-state index contributed by atoms with van der Waals surface area (Å²) in [4.78, 5) is 0. The van der Waals surface area contributed by atoms with E-state index in [9.17, 15) is 5.11 Å². The lowest BCUT2D eigenvalue weighted by molar-refractivity contribution is -0.516. The summed E-state index contributed by atoms with van der Waals surface area (Å²) in [5.41, 5.74) is -4.36. The largest absolute Gasteiger partial charge is 0.384 e. The summed E-state index contributed by atoms with van der Waals surface area (Å²) in [5, 5.41) is 12.6. The average molecular weight is 493 g/mol. The summed E-state index contributed by atoms with van der Waals surface area (Å²) < 4.78 is 38.7. The second kappa shape index (κ2) is 8.48. The number of hydrogen-bond donors (Lipinski definition) is 1. The molecule has 198 valence electrons. The van der Waals surface area contributed by atoms with E-state index in [0.717, 1.165) is 5.56 Å². The van der Waals surface area contributed by atoms with Gasteiger partial charge in [0, 0.05) is 18.6 Å². The van der Waals surface area contributed by atoms with Crippen molar-refractivity contribution in [2.45, 2.75) is 103 Å². The van der Waals surface area contributed by atoms with E-state index in [0.29, 0.717) is 18.4 Å². The minimum atomic E-state index is -1.59. The molecule has 3 saturated heterocycles. The third kappa shape index (κ3) is 3.65. The van der Waals surface area contributed by atoms with Crippen molar-refractivity contribution in [3.8, 4) is 0 Å². The monoisotopic (exact) mass is 492 g/mol. The van der Waals surface area contributed by atoms with Crippen LogP contribution in [-0.2, 0) is 28.4 Å². The van der Waals surface area contributed by atoms with Gasteiger partial charge in [-0.2, -0.15) is 0 Å². The van der Waals surface area contributed by atoms with E-state index < -0.39 is 40.3 Å². The predicted octanol–water partition coefficient (Wildman–Crippen LogP) is 4.82. The second-order valence-corrected chi connectivity index (χ2v) is 11.8. The SMILES string of the molecule is CO[C@@]1(C)O[C@]2(C)CO[C@H](c3ccccc3)O[C@@]2(C)[C@](C)(O)[C@]1(C)O[C@]1(C)OC[C@H](C)[C@@H](C)[C@H]1C. The minimum Gasteiger partial charge on any atom is -0.384 e. The van der Waals surface area contributed by atoms with Crippen molar-refractivity contribution >= 4 is 0 Å². The van der Waals surface area contributed by atoms with Crippen LogP contribution in [0.5, 0.6) is 0 Å². The zero-order valence-electron chi connectivity index (χ0n) is 23.0. The lowest BCUT2D eigenvalue weighted by Gasteiger charge is -2.70. The summed E-state index contributed by atoms with van der Waals surface area (Å²) in [5.74, 6) is -1.48. The van der Waals surface area contributed by atoms with Crippen LogP contribution in [0.15, 0.2) is 30.3 Å². The molecule has 0 bridgehead atoms. The highest BCUT2D eigenvalue weighted by atomic mass is 16.8. The molecule has 1 aromatic carbocycles. The zero-order chi connectivity index (χ0) is 26.1. The molecule has 0 aromatic heterocycles. The molecule has 0 amide bonds. The van der Waals surface area contributed by atoms with Crippen molar-refractivity contribution in [3.05, 3.63) is 35.9 Å². The first-order valence-corrected chi connectivity index (χ1v) is 12.8. The van der Waals surface area contributed by atoms with Gasteiger partial charge in [-0.05, 0) is 53.4 Å². The van der Waals surface area contributed by atoms with Gasteiger partial charge < -0.3 is 33.5 Å². The van der Waals surface area contributed by atoms with Crippen LogP contribution < -0.4 is 0 Å². The highest BCUT2D eigenvalue weighted by Crippen LogP contribution is 2.61. The molecule has 0 radical (unpaired) electrons. The summed E-state index contributed by atoms with van der Waals surface area (Å²) >= 11 is 0. The topological polar surface area (TPSA) is 75.6 Å². The number of benzene rings is 1. The van der Waals surface area contributed by atoms with Gasteiger partial charge in [-0.25, -0.2) is 0 Å². The molecule has 3 aliphatic heterocycles. The Labute approximate surface area is 210 Å². The molecule has 1 aromatic rings. The van der Waals surface area contributed by atoms with Crippen molar-refractivity contribution in [2.24, 2.45) is 17.8 Å². The molecule has 0 saturated carbocycles. The van der Waals surface area contributed by atoms with Gasteiger partial charge >= 0.3 is 0 Å². The summed E-state index contributed by atoms with van der Waals surface area (Å²) in [6.45, 7) is 18.4. The van der Waals surface area contributed by atoms with Crippen LogP contribution in [0, 0.1) is 17.8 Å². The lowest BCUT2D eigenvalue weighted by Crippen LogP contribution is -2.87. The number of ether oxygens (including phenoxy) is 6. The van der Waals surface area contributed by atoms with Crippen LogP contribution in [0.4, 0.5) is 0 Å². The Kier molecular flexibility index (Phi) is 6.54. The van der Waals surface area contributed by atoms with Gasteiger partial charge in [-0.15, -0.1) is 0 Å². The van der Waals surface area contributed by atoms with Gasteiger partial charge in [0.1, 0.15) is 16.8 Å². The summed E-state index contributed by atoms with van der Waals surface area (Å²) in [6.07, 6.45) is -0.665. The summed E-state index contributed by atoms with van der Waals surface area (Å²) in [6, 6.07) is 9.72. The lowest BCUT2D eigenvalue weighted by atomic mass is 9.60. The third-order valence-electron chi connectivity index (χ3n) is 10.0. The van der Waals surface area contributed by atoms with Crippen LogP contribution >= 0.6 is 0 Å². The molecule has 10 atom stereocenters. The Balaban J connectivity index is 1.79. The molecule has 1 N–H and O–H groups in total. The molecular weight excluding hydrogens is 448 g/mol. The maximum Gasteiger partial charge on any atom is 0.198 e. The molecule has 7 nitrogen and oxygen atoms in total. The smallest absolute Gasteiger partial charge is 0.198 e. The van der Waals surface area contributed by atoms with Crippen LogP contribution in [-0.4, -0.2) is 59.4 Å². The standard InChI is InChI=1S/C28H44O7/c1-18-16-32-24(5,20(3)19(18)2)35-27(8)25(6,29)26(7)23(4,34-28(27,9)30-10)17-31-22(33-26)21-14-12-11-13-15-21/h11-15,18-20,22,29H,16-17H2,1-10H3/t18-,19+,20+,22-,23+,24-,25-,26+,27-,28-/m0/s1. The van der Waals surface area contributed by atoms with Crippen molar-refractivity contribution in [3.63, 3.8) is 0 Å². The normalized spacial score (nSPS) is 52.7. The number of methoxy groups -OCH3 is 1. The molecular formula is C28H44O7. The quantitative estimate of drug-likeness (QED) is 0.646. The van der Waals surface area contributed by atoms with E-state index in [4.69, 9.17) is 28.4 Å².